The highest BCUT2D eigenvalue weighted by Gasteiger charge is 2.23. The van der Waals surface area contributed by atoms with Crippen molar-refractivity contribution >= 4 is 11.5 Å². The van der Waals surface area contributed by atoms with Crippen molar-refractivity contribution < 1.29 is 14.1 Å². The third kappa shape index (κ3) is 3.09. The van der Waals surface area contributed by atoms with Gasteiger partial charge in [-0.2, -0.15) is 5.26 Å². The van der Waals surface area contributed by atoms with Gasteiger partial charge in [0, 0.05) is 17.7 Å². The summed E-state index contributed by atoms with van der Waals surface area (Å²) in [5, 5.41) is 19.9. The highest BCUT2D eigenvalue weighted by atomic mass is 19.1. The molecule has 1 unspecified atom stereocenters. The van der Waals surface area contributed by atoms with Gasteiger partial charge in [0.05, 0.1) is 11.0 Å². The molecule has 0 aliphatic heterocycles. The molecule has 1 atom stereocenters. The van der Waals surface area contributed by atoms with E-state index in [1.54, 1.807) is 6.07 Å². The molecule has 0 aromatic heterocycles. The van der Waals surface area contributed by atoms with Crippen molar-refractivity contribution in [2.45, 2.75) is 5.92 Å². The van der Waals surface area contributed by atoms with E-state index < -0.39 is 22.4 Å². The lowest BCUT2D eigenvalue weighted by Crippen LogP contribution is -2.11. The monoisotopic (exact) mass is 284 g/mol. The lowest BCUT2D eigenvalue weighted by atomic mass is 9.91. The maximum absolute atomic E-state index is 13.2. The normalized spacial score (nSPS) is 11.4. The first-order chi connectivity index (χ1) is 10.0. The molecular formula is C15H9FN2O3. The van der Waals surface area contributed by atoms with Crippen molar-refractivity contribution in [3.63, 3.8) is 0 Å². The van der Waals surface area contributed by atoms with E-state index in [2.05, 4.69) is 0 Å². The number of nitro benzene ring substituents is 1. The summed E-state index contributed by atoms with van der Waals surface area (Å²) >= 11 is 0. The molecule has 0 saturated heterocycles. The quantitative estimate of drug-likeness (QED) is 0.490. The molecule has 2 aromatic carbocycles. The van der Waals surface area contributed by atoms with Crippen molar-refractivity contribution in [1.82, 2.24) is 0 Å². The van der Waals surface area contributed by atoms with E-state index in [-0.39, 0.29) is 16.8 Å². The molecule has 104 valence electrons. The van der Waals surface area contributed by atoms with Gasteiger partial charge in [-0.15, -0.1) is 0 Å². The molecule has 0 amide bonds. The van der Waals surface area contributed by atoms with Crippen molar-refractivity contribution in [1.29, 1.82) is 5.26 Å². The van der Waals surface area contributed by atoms with E-state index in [0.717, 1.165) is 12.1 Å². The Hall–Kier alpha value is -3.07. The van der Waals surface area contributed by atoms with Crippen LogP contribution in [0.4, 0.5) is 10.1 Å². The van der Waals surface area contributed by atoms with Crippen LogP contribution in [0.15, 0.2) is 48.5 Å². The molecule has 0 N–H and O–H groups in total. The Labute approximate surface area is 119 Å². The number of non-ortho nitro benzene ring substituents is 1. The Morgan fingerprint density at radius 1 is 1.24 bits per heavy atom. The van der Waals surface area contributed by atoms with Crippen LogP contribution in [0.25, 0.3) is 0 Å². The number of carbonyl (C=O) groups excluding carboxylic acids is 1. The topological polar surface area (TPSA) is 84.0 Å². The van der Waals surface area contributed by atoms with E-state index in [9.17, 15) is 19.3 Å². The molecular weight excluding hydrogens is 275 g/mol. The van der Waals surface area contributed by atoms with Gasteiger partial charge in [0.15, 0.2) is 5.78 Å². The van der Waals surface area contributed by atoms with Crippen LogP contribution in [0.3, 0.4) is 0 Å². The van der Waals surface area contributed by atoms with E-state index >= 15 is 0 Å². The number of rotatable bonds is 4. The SMILES string of the molecule is N#CC(C(=O)c1cccc([N+](=O)[O-])c1)c1cccc(F)c1. The number of nitro groups is 1. The minimum Gasteiger partial charge on any atom is -0.292 e. The summed E-state index contributed by atoms with van der Waals surface area (Å²) in [6, 6.07) is 12.1. The number of hydrogen-bond acceptors (Lipinski definition) is 4. The van der Waals surface area contributed by atoms with Crippen LogP contribution in [0.2, 0.25) is 0 Å². The zero-order valence-corrected chi connectivity index (χ0v) is 10.7. The Kier molecular flexibility index (Phi) is 4.05. The molecule has 5 nitrogen and oxygen atoms in total. The van der Waals surface area contributed by atoms with Crippen LogP contribution < -0.4 is 0 Å². The molecule has 0 saturated carbocycles. The number of nitrogens with zero attached hydrogens (tertiary/aromatic N) is 2. The third-order valence-corrected chi connectivity index (χ3v) is 2.91. The van der Waals surface area contributed by atoms with Gasteiger partial charge in [0.25, 0.3) is 5.69 Å². The van der Waals surface area contributed by atoms with Crippen LogP contribution in [0, 0.1) is 27.3 Å². The van der Waals surface area contributed by atoms with E-state index in [1.165, 1.54) is 36.4 Å². The average Bonchev–Trinajstić information content (AvgIpc) is 2.48. The molecule has 0 heterocycles. The highest BCUT2D eigenvalue weighted by Crippen LogP contribution is 2.23. The molecule has 2 rings (SSSR count). The second kappa shape index (κ2) is 5.92. The standard InChI is InChI=1S/C15H9FN2O3/c16-12-5-1-3-10(7-12)14(9-17)15(19)11-4-2-6-13(8-11)18(20)21/h1-8,14H. The first-order valence-corrected chi connectivity index (χ1v) is 5.96. The van der Waals surface area contributed by atoms with Gasteiger partial charge in [-0.25, -0.2) is 4.39 Å². The van der Waals surface area contributed by atoms with Crippen molar-refractivity contribution in [3.8, 4) is 6.07 Å². The first kappa shape index (κ1) is 14.3. The Bertz CT molecular complexity index is 753. The summed E-state index contributed by atoms with van der Waals surface area (Å²) in [5.41, 5.74) is 0.0193. The van der Waals surface area contributed by atoms with Gasteiger partial charge in [0.2, 0.25) is 0 Å². The second-order valence-corrected chi connectivity index (χ2v) is 4.29. The zero-order chi connectivity index (χ0) is 15.4. The highest BCUT2D eigenvalue weighted by molar-refractivity contribution is 6.03. The number of nitriles is 1. The Balaban J connectivity index is 2.40. The minimum atomic E-state index is -1.21. The fraction of sp³-hybridized carbons (Fsp3) is 0.0667. The Morgan fingerprint density at radius 3 is 2.57 bits per heavy atom. The van der Waals surface area contributed by atoms with Gasteiger partial charge >= 0.3 is 0 Å². The minimum absolute atomic E-state index is 0.0417. The molecule has 0 aliphatic carbocycles. The number of ketones is 1. The van der Waals surface area contributed by atoms with Gasteiger partial charge in [-0.1, -0.05) is 24.3 Å². The first-order valence-electron chi connectivity index (χ1n) is 5.96. The van der Waals surface area contributed by atoms with Crippen LogP contribution in [0.5, 0.6) is 0 Å². The van der Waals surface area contributed by atoms with E-state index in [1.807, 2.05) is 0 Å². The molecule has 0 aliphatic rings. The lowest BCUT2D eigenvalue weighted by molar-refractivity contribution is -0.384. The van der Waals surface area contributed by atoms with Crippen molar-refractivity contribution in [3.05, 3.63) is 75.6 Å². The van der Waals surface area contributed by atoms with Crippen molar-refractivity contribution in [2.75, 3.05) is 0 Å². The summed E-state index contributed by atoms with van der Waals surface area (Å²) < 4.78 is 13.2. The molecule has 6 heteroatoms. The van der Waals surface area contributed by atoms with Crippen LogP contribution >= 0.6 is 0 Å². The van der Waals surface area contributed by atoms with Gasteiger partial charge < -0.3 is 0 Å². The lowest BCUT2D eigenvalue weighted by Gasteiger charge is -2.08. The number of Topliss-reactive ketones (excluding diaryl/α,β-unsaturated/α-hetero) is 1. The maximum Gasteiger partial charge on any atom is 0.270 e. The van der Waals surface area contributed by atoms with Gasteiger partial charge in [-0.05, 0) is 17.7 Å². The summed E-state index contributed by atoms with van der Waals surface area (Å²) in [5.74, 6) is -2.37. The van der Waals surface area contributed by atoms with Crippen LogP contribution in [-0.4, -0.2) is 10.7 Å². The number of halogens is 1. The summed E-state index contributed by atoms with van der Waals surface area (Å²) in [6.45, 7) is 0. The second-order valence-electron chi connectivity index (χ2n) is 4.29. The predicted octanol–water partition coefficient (Wildman–Crippen LogP) is 3.22. The third-order valence-electron chi connectivity index (χ3n) is 2.91. The molecule has 0 fully saturated rings. The van der Waals surface area contributed by atoms with Crippen LogP contribution in [0.1, 0.15) is 21.8 Å². The van der Waals surface area contributed by atoms with Gasteiger partial charge in [-0.3, -0.25) is 14.9 Å². The predicted molar refractivity (Wildman–Crippen MR) is 72.2 cm³/mol. The fourth-order valence-electron chi connectivity index (χ4n) is 1.91. The molecule has 0 spiro atoms. The number of carbonyl (C=O) groups is 1. The Morgan fingerprint density at radius 2 is 1.95 bits per heavy atom. The summed E-state index contributed by atoms with van der Waals surface area (Å²) in [7, 11) is 0. The molecule has 0 radical (unpaired) electrons. The summed E-state index contributed by atoms with van der Waals surface area (Å²) in [6.07, 6.45) is 0. The zero-order valence-electron chi connectivity index (χ0n) is 10.7. The fourth-order valence-corrected chi connectivity index (χ4v) is 1.91. The average molecular weight is 284 g/mol. The van der Waals surface area contributed by atoms with Gasteiger partial charge in [0.1, 0.15) is 11.7 Å². The molecule has 2 aromatic rings. The molecule has 0 bridgehead atoms. The van der Waals surface area contributed by atoms with Crippen molar-refractivity contribution in [2.24, 2.45) is 0 Å². The summed E-state index contributed by atoms with van der Waals surface area (Å²) in [4.78, 5) is 22.4. The number of hydrogen-bond donors (Lipinski definition) is 0. The van der Waals surface area contributed by atoms with Crippen LogP contribution in [-0.2, 0) is 0 Å². The maximum atomic E-state index is 13.2. The van der Waals surface area contributed by atoms with E-state index in [4.69, 9.17) is 5.26 Å². The number of benzene rings is 2. The van der Waals surface area contributed by atoms with E-state index in [0.29, 0.717) is 0 Å². The molecule has 21 heavy (non-hydrogen) atoms. The smallest absolute Gasteiger partial charge is 0.270 e. The largest absolute Gasteiger partial charge is 0.292 e.